The summed E-state index contributed by atoms with van der Waals surface area (Å²) in [6.07, 6.45) is 8.52. The minimum absolute atomic E-state index is 0.0760. The van der Waals surface area contributed by atoms with Crippen molar-refractivity contribution in [1.82, 2.24) is 9.55 Å². The van der Waals surface area contributed by atoms with Crippen LogP contribution in [0.4, 0.5) is 0 Å². The Labute approximate surface area is 123 Å². The first kappa shape index (κ1) is 16.4. The maximum absolute atomic E-state index is 10.6. The van der Waals surface area contributed by atoms with E-state index in [-0.39, 0.29) is 5.75 Å². The number of aliphatic carboxylic acids is 1. The zero-order chi connectivity index (χ0) is 14.1. The lowest BCUT2D eigenvalue weighted by Crippen LogP contribution is -2.06. The van der Waals surface area contributed by atoms with Crippen molar-refractivity contribution in [1.29, 1.82) is 0 Å². The molecule has 108 valence electrons. The Morgan fingerprint density at radius 2 is 2.21 bits per heavy atom. The molecule has 0 aliphatic carbocycles. The zero-order valence-electron chi connectivity index (χ0n) is 11.6. The molecule has 0 atom stereocenters. The van der Waals surface area contributed by atoms with Crippen LogP contribution in [0.15, 0.2) is 11.4 Å². The van der Waals surface area contributed by atoms with Gasteiger partial charge in [0, 0.05) is 18.4 Å². The molecule has 0 radical (unpaired) electrons. The van der Waals surface area contributed by atoms with E-state index in [0.717, 1.165) is 24.5 Å². The van der Waals surface area contributed by atoms with Crippen molar-refractivity contribution in [2.24, 2.45) is 0 Å². The Balaban J connectivity index is 2.52. The second-order valence-electron chi connectivity index (χ2n) is 4.27. The second kappa shape index (κ2) is 9.31. The molecule has 0 saturated heterocycles. The molecule has 1 N–H and O–H groups in total. The van der Waals surface area contributed by atoms with Gasteiger partial charge in [0.05, 0.1) is 5.75 Å². The number of unbranched alkanes of at least 4 members (excludes halogenated alkanes) is 2. The predicted octanol–water partition coefficient (Wildman–Crippen LogP) is 3.16. The van der Waals surface area contributed by atoms with E-state index in [4.69, 9.17) is 5.11 Å². The number of carboxylic acids is 1. The minimum atomic E-state index is -0.794. The molecular weight excluding hydrogens is 280 g/mol. The van der Waals surface area contributed by atoms with E-state index in [2.05, 4.69) is 22.7 Å². The highest BCUT2D eigenvalue weighted by Crippen LogP contribution is 2.20. The molecule has 4 nitrogen and oxygen atoms in total. The molecule has 1 heterocycles. The van der Waals surface area contributed by atoms with Crippen molar-refractivity contribution < 1.29 is 9.90 Å². The van der Waals surface area contributed by atoms with Crippen LogP contribution in [0.25, 0.3) is 0 Å². The standard InChI is InChI=1S/C13H22N2O2S2/c1-3-11-9-14-13(19-10-12(16)17)15(11)7-5-4-6-8-18-2/h9H,3-8,10H2,1-2H3,(H,16,17). The van der Waals surface area contributed by atoms with Crippen molar-refractivity contribution in [3.05, 3.63) is 11.9 Å². The van der Waals surface area contributed by atoms with Crippen LogP contribution in [0.2, 0.25) is 0 Å². The van der Waals surface area contributed by atoms with Crippen molar-refractivity contribution in [2.45, 2.75) is 44.3 Å². The van der Waals surface area contributed by atoms with Crippen molar-refractivity contribution in [3.8, 4) is 0 Å². The first-order chi connectivity index (χ1) is 9.19. The summed E-state index contributed by atoms with van der Waals surface area (Å²) in [6, 6.07) is 0. The van der Waals surface area contributed by atoms with E-state index >= 15 is 0 Å². The zero-order valence-corrected chi connectivity index (χ0v) is 13.2. The van der Waals surface area contributed by atoms with E-state index in [9.17, 15) is 4.79 Å². The summed E-state index contributed by atoms with van der Waals surface area (Å²) in [4.78, 5) is 15.0. The number of carboxylic acid groups (broad SMARTS) is 1. The monoisotopic (exact) mass is 302 g/mol. The quantitative estimate of drug-likeness (QED) is 0.531. The SMILES string of the molecule is CCc1cnc(SCC(=O)O)n1CCCCCSC. The average molecular weight is 302 g/mol. The van der Waals surface area contributed by atoms with Gasteiger partial charge in [-0.05, 0) is 31.3 Å². The number of carbonyl (C=O) groups is 1. The minimum Gasteiger partial charge on any atom is -0.481 e. The number of aromatic nitrogens is 2. The van der Waals surface area contributed by atoms with Gasteiger partial charge in [0.25, 0.3) is 0 Å². The summed E-state index contributed by atoms with van der Waals surface area (Å²) in [6.45, 7) is 3.05. The van der Waals surface area contributed by atoms with Crippen LogP contribution in [0.3, 0.4) is 0 Å². The first-order valence-electron chi connectivity index (χ1n) is 6.57. The number of aryl methyl sites for hydroxylation is 1. The van der Waals surface area contributed by atoms with E-state index in [1.807, 2.05) is 18.0 Å². The Hall–Kier alpha value is -0.620. The van der Waals surface area contributed by atoms with Crippen LogP contribution >= 0.6 is 23.5 Å². The van der Waals surface area contributed by atoms with Gasteiger partial charge in [-0.15, -0.1) is 0 Å². The molecule has 0 bridgehead atoms. The van der Waals surface area contributed by atoms with Gasteiger partial charge in [0.2, 0.25) is 0 Å². The maximum atomic E-state index is 10.6. The van der Waals surface area contributed by atoms with Crippen LogP contribution in [0.1, 0.15) is 31.9 Å². The van der Waals surface area contributed by atoms with Crippen LogP contribution in [-0.4, -0.2) is 38.4 Å². The molecule has 0 aliphatic heterocycles. The summed E-state index contributed by atoms with van der Waals surface area (Å²) >= 11 is 3.19. The lowest BCUT2D eigenvalue weighted by atomic mass is 10.2. The molecule has 0 fully saturated rings. The molecule has 1 aromatic heterocycles. The summed E-state index contributed by atoms with van der Waals surface area (Å²) < 4.78 is 2.17. The first-order valence-corrected chi connectivity index (χ1v) is 8.95. The third kappa shape index (κ3) is 5.91. The van der Waals surface area contributed by atoms with Crippen molar-refractivity contribution in [3.63, 3.8) is 0 Å². The summed E-state index contributed by atoms with van der Waals surface area (Å²) in [7, 11) is 0. The molecular formula is C13H22N2O2S2. The molecule has 0 saturated carbocycles. The lowest BCUT2D eigenvalue weighted by molar-refractivity contribution is -0.133. The third-order valence-corrected chi connectivity index (χ3v) is 4.49. The summed E-state index contributed by atoms with van der Waals surface area (Å²) in [5.74, 6) is 0.496. The van der Waals surface area contributed by atoms with Crippen molar-refractivity contribution >= 4 is 29.5 Å². The predicted molar refractivity (Wildman–Crippen MR) is 82.2 cm³/mol. The van der Waals surface area contributed by atoms with Gasteiger partial charge in [-0.2, -0.15) is 11.8 Å². The lowest BCUT2D eigenvalue weighted by Gasteiger charge is -2.10. The van der Waals surface area contributed by atoms with E-state index in [0.29, 0.717) is 0 Å². The van der Waals surface area contributed by atoms with Gasteiger partial charge < -0.3 is 9.67 Å². The average Bonchev–Trinajstić information content (AvgIpc) is 2.78. The van der Waals surface area contributed by atoms with E-state index in [1.54, 1.807) is 0 Å². The van der Waals surface area contributed by atoms with E-state index < -0.39 is 5.97 Å². The number of thioether (sulfide) groups is 2. The molecule has 1 rings (SSSR count). The number of imidazole rings is 1. The Kier molecular flexibility index (Phi) is 8.05. The molecule has 1 aromatic rings. The number of rotatable bonds is 10. The number of hydrogen-bond donors (Lipinski definition) is 1. The Morgan fingerprint density at radius 1 is 1.42 bits per heavy atom. The highest BCUT2D eigenvalue weighted by Gasteiger charge is 2.10. The van der Waals surface area contributed by atoms with Gasteiger partial charge in [0.1, 0.15) is 0 Å². The van der Waals surface area contributed by atoms with Crippen LogP contribution < -0.4 is 0 Å². The topological polar surface area (TPSA) is 55.1 Å². The van der Waals surface area contributed by atoms with Crippen LogP contribution in [-0.2, 0) is 17.8 Å². The normalized spacial score (nSPS) is 10.8. The Morgan fingerprint density at radius 3 is 2.84 bits per heavy atom. The fourth-order valence-corrected chi connectivity index (χ4v) is 3.08. The van der Waals surface area contributed by atoms with Crippen molar-refractivity contribution in [2.75, 3.05) is 17.8 Å². The fourth-order valence-electron chi connectivity index (χ4n) is 1.85. The van der Waals surface area contributed by atoms with Crippen LogP contribution in [0, 0.1) is 0 Å². The van der Waals surface area contributed by atoms with E-state index in [1.165, 1.54) is 36.1 Å². The van der Waals surface area contributed by atoms with Crippen LogP contribution in [0.5, 0.6) is 0 Å². The smallest absolute Gasteiger partial charge is 0.313 e. The van der Waals surface area contributed by atoms with Gasteiger partial charge in [-0.25, -0.2) is 4.98 Å². The number of hydrogen-bond acceptors (Lipinski definition) is 4. The van der Waals surface area contributed by atoms with Gasteiger partial charge in [-0.1, -0.05) is 25.1 Å². The number of nitrogens with zero attached hydrogens (tertiary/aromatic N) is 2. The molecule has 0 aliphatic rings. The largest absolute Gasteiger partial charge is 0.481 e. The molecule has 19 heavy (non-hydrogen) atoms. The molecule has 0 unspecified atom stereocenters. The highest BCUT2D eigenvalue weighted by atomic mass is 32.2. The summed E-state index contributed by atoms with van der Waals surface area (Å²) in [5, 5.41) is 9.58. The van der Waals surface area contributed by atoms with Gasteiger partial charge in [0.15, 0.2) is 5.16 Å². The Bertz CT molecular complexity index is 394. The highest BCUT2D eigenvalue weighted by molar-refractivity contribution is 7.99. The summed E-state index contributed by atoms with van der Waals surface area (Å²) in [5.41, 5.74) is 1.19. The second-order valence-corrected chi connectivity index (χ2v) is 6.20. The van der Waals surface area contributed by atoms with Gasteiger partial charge >= 0.3 is 5.97 Å². The maximum Gasteiger partial charge on any atom is 0.313 e. The molecule has 0 amide bonds. The molecule has 6 heteroatoms. The molecule has 0 spiro atoms. The fraction of sp³-hybridized carbons (Fsp3) is 0.692. The third-order valence-electron chi connectivity index (χ3n) is 2.82. The van der Waals surface area contributed by atoms with Gasteiger partial charge in [-0.3, -0.25) is 4.79 Å². The molecule has 0 aromatic carbocycles.